The Morgan fingerprint density at radius 1 is 1.37 bits per heavy atom. The third kappa shape index (κ3) is 6.39. The van der Waals surface area contributed by atoms with Crippen molar-refractivity contribution in [1.82, 2.24) is 14.9 Å². The van der Waals surface area contributed by atoms with E-state index in [0.29, 0.717) is 38.6 Å². The number of benzene rings is 1. The number of guanidine groups is 1. The molecule has 1 fully saturated rings. The molecule has 1 aromatic rings. The predicted octanol–water partition coefficient (Wildman–Crippen LogP) is 1.87. The summed E-state index contributed by atoms with van der Waals surface area (Å²) in [4.78, 5) is 4.21. The Morgan fingerprint density at radius 2 is 2.15 bits per heavy atom. The van der Waals surface area contributed by atoms with E-state index in [9.17, 15) is 8.42 Å². The smallest absolute Gasteiger partial charge is 0.214 e. The van der Waals surface area contributed by atoms with Crippen molar-refractivity contribution in [2.24, 2.45) is 4.99 Å². The fourth-order valence-corrected chi connectivity index (χ4v) is 4.39. The zero-order valence-electron chi connectivity index (χ0n) is 16.8. The van der Waals surface area contributed by atoms with Crippen molar-refractivity contribution in [3.8, 4) is 5.75 Å². The molecule has 1 aliphatic rings. The monoisotopic (exact) mass is 396 g/mol. The molecular weight excluding hydrogens is 364 g/mol. The van der Waals surface area contributed by atoms with E-state index < -0.39 is 10.0 Å². The molecule has 2 rings (SSSR count). The first kappa shape index (κ1) is 21.5. The molecule has 0 saturated carbocycles. The average molecular weight is 397 g/mol. The van der Waals surface area contributed by atoms with Crippen molar-refractivity contribution < 1.29 is 13.2 Å². The molecule has 0 amide bonds. The molecule has 1 atom stereocenters. The molecule has 1 saturated heterocycles. The quantitative estimate of drug-likeness (QED) is 0.518. The molecule has 0 bridgehead atoms. The maximum atomic E-state index is 11.8. The molecule has 1 unspecified atom stereocenters. The summed E-state index contributed by atoms with van der Waals surface area (Å²) in [7, 11) is -1.35. The lowest BCUT2D eigenvalue weighted by Gasteiger charge is -2.19. The van der Waals surface area contributed by atoms with Crippen molar-refractivity contribution in [2.75, 3.05) is 32.4 Å². The van der Waals surface area contributed by atoms with Crippen LogP contribution in [0.2, 0.25) is 0 Å². The molecule has 0 aliphatic carbocycles. The number of aryl methyl sites for hydroxylation is 1. The Hall–Kier alpha value is -1.80. The summed E-state index contributed by atoms with van der Waals surface area (Å²) in [6.45, 7) is 8.37. The van der Waals surface area contributed by atoms with Gasteiger partial charge in [-0.1, -0.05) is 19.1 Å². The third-order valence-corrected chi connectivity index (χ3v) is 6.61. The fraction of sp³-hybridized carbons (Fsp3) is 0.632. The highest BCUT2D eigenvalue weighted by Gasteiger charge is 2.27. The van der Waals surface area contributed by atoms with Gasteiger partial charge in [-0.25, -0.2) is 12.7 Å². The van der Waals surface area contributed by atoms with Gasteiger partial charge in [-0.3, -0.25) is 4.99 Å². The average Bonchev–Trinajstić information content (AvgIpc) is 2.97. The lowest BCUT2D eigenvalue weighted by Crippen LogP contribution is -2.41. The number of rotatable bonds is 8. The Labute approximate surface area is 163 Å². The van der Waals surface area contributed by atoms with Gasteiger partial charge in [0.2, 0.25) is 10.0 Å². The summed E-state index contributed by atoms with van der Waals surface area (Å²) in [5.74, 6) is 1.78. The van der Waals surface area contributed by atoms with Crippen molar-refractivity contribution >= 4 is 16.0 Å². The number of ether oxygens (including phenoxy) is 1. The van der Waals surface area contributed by atoms with E-state index >= 15 is 0 Å². The third-order valence-electron chi connectivity index (χ3n) is 4.65. The summed E-state index contributed by atoms with van der Waals surface area (Å²) in [5, 5.41) is 6.45. The van der Waals surface area contributed by atoms with Gasteiger partial charge < -0.3 is 15.4 Å². The van der Waals surface area contributed by atoms with Crippen LogP contribution in [0.5, 0.6) is 5.75 Å². The minimum absolute atomic E-state index is 0.158. The van der Waals surface area contributed by atoms with Crippen molar-refractivity contribution in [2.45, 2.75) is 46.3 Å². The SMILES string of the molecule is CCC(C)Oc1cc(C)ccc1CNC(=NC)NCCN1CCCS1(=O)=O. The molecule has 27 heavy (non-hydrogen) atoms. The van der Waals surface area contributed by atoms with Gasteiger partial charge in [0.15, 0.2) is 5.96 Å². The van der Waals surface area contributed by atoms with Crippen LogP contribution in [0.3, 0.4) is 0 Å². The van der Waals surface area contributed by atoms with Crippen LogP contribution in [0, 0.1) is 6.92 Å². The van der Waals surface area contributed by atoms with Crippen LogP contribution in [0.15, 0.2) is 23.2 Å². The zero-order valence-corrected chi connectivity index (χ0v) is 17.6. The predicted molar refractivity (Wildman–Crippen MR) is 110 cm³/mol. The fourth-order valence-electron chi connectivity index (χ4n) is 2.86. The molecule has 1 aromatic carbocycles. The van der Waals surface area contributed by atoms with E-state index in [4.69, 9.17) is 4.74 Å². The van der Waals surface area contributed by atoms with E-state index in [0.717, 1.165) is 23.3 Å². The first-order valence-electron chi connectivity index (χ1n) is 9.54. The Balaban J connectivity index is 1.88. The Morgan fingerprint density at radius 3 is 2.78 bits per heavy atom. The van der Waals surface area contributed by atoms with Gasteiger partial charge in [0.25, 0.3) is 0 Å². The topological polar surface area (TPSA) is 83.0 Å². The second-order valence-electron chi connectivity index (χ2n) is 6.87. The van der Waals surface area contributed by atoms with E-state index in [-0.39, 0.29) is 11.9 Å². The Bertz CT molecular complexity index is 749. The molecule has 0 radical (unpaired) electrons. The summed E-state index contributed by atoms with van der Waals surface area (Å²) >= 11 is 0. The molecular formula is C19H32N4O3S. The second kappa shape index (κ2) is 9.94. The second-order valence-corrected chi connectivity index (χ2v) is 8.96. The van der Waals surface area contributed by atoms with E-state index in [2.05, 4.69) is 47.7 Å². The van der Waals surface area contributed by atoms with Crippen LogP contribution in [-0.2, 0) is 16.6 Å². The summed E-state index contributed by atoms with van der Waals surface area (Å²) < 4.78 is 31.2. The molecule has 0 spiro atoms. The minimum atomic E-state index is -3.05. The molecule has 152 valence electrons. The first-order valence-corrected chi connectivity index (χ1v) is 11.1. The van der Waals surface area contributed by atoms with Gasteiger partial charge in [0, 0.05) is 38.8 Å². The zero-order chi connectivity index (χ0) is 19.9. The number of nitrogens with one attached hydrogen (secondary N) is 2. The highest BCUT2D eigenvalue weighted by molar-refractivity contribution is 7.89. The van der Waals surface area contributed by atoms with Crippen LogP contribution < -0.4 is 15.4 Å². The minimum Gasteiger partial charge on any atom is -0.490 e. The molecule has 7 nitrogen and oxygen atoms in total. The maximum absolute atomic E-state index is 11.8. The normalized spacial score (nSPS) is 18.3. The van der Waals surface area contributed by atoms with Crippen LogP contribution in [0.1, 0.15) is 37.8 Å². The van der Waals surface area contributed by atoms with Crippen LogP contribution >= 0.6 is 0 Å². The van der Waals surface area contributed by atoms with E-state index in [1.807, 2.05) is 6.92 Å². The van der Waals surface area contributed by atoms with Gasteiger partial charge in [-0.15, -0.1) is 0 Å². The Kier molecular flexibility index (Phi) is 7.91. The number of sulfonamides is 1. The van der Waals surface area contributed by atoms with Gasteiger partial charge >= 0.3 is 0 Å². The lowest BCUT2D eigenvalue weighted by molar-refractivity contribution is 0.215. The van der Waals surface area contributed by atoms with E-state index in [1.165, 1.54) is 4.31 Å². The highest BCUT2D eigenvalue weighted by atomic mass is 32.2. The van der Waals surface area contributed by atoms with Crippen molar-refractivity contribution in [3.63, 3.8) is 0 Å². The number of nitrogens with zero attached hydrogens (tertiary/aromatic N) is 2. The summed E-state index contributed by atoms with van der Waals surface area (Å²) in [6, 6.07) is 6.18. The van der Waals surface area contributed by atoms with Gasteiger partial charge in [0.05, 0.1) is 11.9 Å². The number of aliphatic imine (C=N–C) groups is 1. The van der Waals surface area contributed by atoms with Crippen LogP contribution in [0.4, 0.5) is 0 Å². The number of hydrogen-bond donors (Lipinski definition) is 2. The molecule has 0 aromatic heterocycles. The van der Waals surface area contributed by atoms with Gasteiger partial charge in [0.1, 0.15) is 5.75 Å². The molecule has 1 heterocycles. The number of hydrogen-bond acceptors (Lipinski definition) is 4. The molecule has 1 aliphatic heterocycles. The van der Waals surface area contributed by atoms with Gasteiger partial charge in [-0.2, -0.15) is 0 Å². The van der Waals surface area contributed by atoms with E-state index in [1.54, 1.807) is 7.05 Å². The van der Waals surface area contributed by atoms with Gasteiger partial charge in [-0.05, 0) is 38.3 Å². The largest absolute Gasteiger partial charge is 0.490 e. The standard InChI is InChI=1S/C19H32N4O3S/c1-5-16(3)26-18-13-15(2)7-8-17(18)14-22-19(20-4)21-9-11-23-10-6-12-27(23,24)25/h7-8,13,16H,5-6,9-12,14H2,1-4H3,(H2,20,21,22). The highest BCUT2D eigenvalue weighted by Crippen LogP contribution is 2.22. The summed E-state index contributed by atoms with van der Waals surface area (Å²) in [5.41, 5.74) is 2.22. The molecule has 2 N–H and O–H groups in total. The molecule has 8 heteroatoms. The van der Waals surface area contributed by atoms with Crippen LogP contribution in [-0.4, -0.2) is 57.2 Å². The summed E-state index contributed by atoms with van der Waals surface area (Å²) in [6.07, 6.45) is 1.82. The van der Waals surface area contributed by atoms with Crippen molar-refractivity contribution in [1.29, 1.82) is 0 Å². The first-order chi connectivity index (χ1) is 12.9. The van der Waals surface area contributed by atoms with Crippen LogP contribution in [0.25, 0.3) is 0 Å². The lowest BCUT2D eigenvalue weighted by atomic mass is 10.1. The maximum Gasteiger partial charge on any atom is 0.214 e. The van der Waals surface area contributed by atoms with Crippen molar-refractivity contribution in [3.05, 3.63) is 29.3 Å².